The Kier molecular flexibility index (Phi) is 10.8. The van der Waals surface area contributed by atoms with Crippen molar-refractivity contribution in [1.82, 2.24) is 10.2 Å². The minimum Gasteiger partial charge on any atom is -0.352 e. The van der Waals surface area contributed by atoms with Crippen LogP contribution in [0.1, 0.15) is 30.5 Å². The number of anilines is 1. The topological polar surface area (TPSA) is 86.8 Å². The van der Waals surface area contributed by atoms with Gasteiger partial charge in [0.15, 0.2) is 0 Å². The Hall–Kier alpha value is -3.95. The van der Waals surface area contributed by atoms with Crippen LogP contribution in [0, 0.1) is 6.92 Å². The van der Waals surface area contributed by atoms with E-state index >= 15 is 0 Å². The molecule has 1 atom stereocenters. The zero-order valence-electron chi connectivity index (χ0n) is 24.5. The highest BCUT2D eigenvalue weighted by molar-refractivity contribution is 9.10. The van der Waals surface area contributed by atoms with Crippen molar-refractivity contribution < 1.29 is 18.0 Å². The molecule has 0 aliphatic heterocycles. The molecule has 0 unspecified atom stereocenters. The fraction of sp³-hybridized carbons (Fsp3) is 0.235. The average Bonchev–Trinajstić information content (AvgIpc) is 2.99. The largest absolute Gasteiger partial charge is 0.352 e. The van der Waals surface area contributed by atoms with Gasteiger partial charge in [0.2, 0.25) is 11.8 Å². The molecule has 4 aromatic carbocycles. The third-order valence-corrected chi connectivity index (χ3v) is 9.35. The van der Waals surface area contributed by atoms with E-state index in [1.807, 2.05) is 75.4 Å². The highest BCUT2D eigenvalue weighted by Gasteiger charge is 2.35. The third-order valence-electron chi connectivity index (χ3n) is 7.03. The van der Waals surface area contributed by atoms with Crippen molar-refractivity contribution in [1.29, 1.82) is 0 Å². The molecule has 0 saturated carbocycles. The van der Waals surface area contributed by atoms with Gasteiger partial charge in [-0.1, -0.05) is 88.7 Å². The number of rotatable bonds is 12. The molecule has 0 aliphatic rings. The Morgan fingerprint density at radius 2 is 1.40 bits per heavy atom. The number of hydrogen-bond acceptors (Lipinski definition) is 4. The summed E-state index contributed by atoms with van der Waals surface area (Å²) in [7, 11) is -4.13. The molecule has 0 spiro atoms. The summed E-state index contributed by atoms with van der Waals surface area (Å²) in [5.74, 6) is -0.799. The fourth-order valence-corrected chi connectivity index (χ4v) is 6.46. The molecule has 9 heteroatoms. The van der Waals surface area contributed by atoms with Crippen LogP contribution < -0.4 is 9.62 Å². The third kappa shape index (κ3) is 8.33. The van der Waals surface area contributed by atoms with Gasteiger partial charge in [-0.15, -0.1) is 0 Å². The number of amides is 2. The number of hydrogen-bond donors (Lipinski definition) is 1. The van der Waals surface area contributed by atoms with Gasteiger partial charge in [0, 0.05) is 23.5 Å². The van der Waals surface area contributed by atoms with Crippen LogP contribution in [0.15, 0.2) is 119 Å². The van der Waals surface area contributed by atoms with Gasteiger partial charge >= 0.3 is 0 Å². The van der Waals surface area contributed by atoms with Gasteiger partial charge in [0.25, 0.3) is 10.0 Å². The summed E-state index contributed by atoms with van der Waals surface area (Å²) in [5.41, 5.74) is 3.05. The number of sulfonamides is 1. The monoisotopic (exact) mass is 661 g/mol. The van der Waals surface area contributed by atoms with E-state index in [1.54, 1.807) is 42.5 Å². The lowest BCUT2D eigenvalue weighted by molar-refractivity contribution is -0.140. The van der Waals surface area contributed by atoms with Crippen LogP contribution in [0.4, 0.5) is 5.69 Å². The van der Waals surface area contributed by atoms with Gasteiger partial charge in [-0.25, -0.2) is 8.42 Å². The molecule has 0 aliphatic carbocycles. The van der Waals surface area contributed by atoms with E-state index in [0.717, 1.165) is 25.5 Å². The van der Waals surface area contributed by atoms with Crippen LogP contribution in [0.5, 0.6) is 0 Å². The van der Waals surface area contributed by atoms with Gasteiger partial charge in [0.1, 0.15) is 12.6 Å². The summed E-state index contributed by atoms with van der Waals surface area (Å²) in [6.45, 7) is 5.32. The van der Waals surface area contributed by atoms with Crippen molar-refractivity contribution in [2.75, 3.05) is 10.8 Å². The molecule has 0 heterocycles. The predicted molar refractivity (Wildman–Crippen MR) is 174 cm³/mol. The van der Waals surface area contributed by atoms with E-state index in [1.165, 1.54) is 17.0 Å². The Labute approximate surface area is 262 Å². The summed E-state index contributed by atoms with van der Waals surface area (Å²) >= 11 is 3.41. The van der Waals surface area contributed by atoms with Crippen molar-refractivity contribution in [3.63, 3.8) is 0 Å². The lowest BCUT2D eigenvalue weighted by Gasteiger charge is -2.34. The normalized spacial score (nSPS) is 12.0. The first-order valence-corrected chi connectivity index (χ1v) is 16.3. The molecule has 7 nitrogen and oxygen atoms in total. The molecule has 224 valence electrons. The Morgan fingerprint density at radius 3 is 2.00 bits per heavy atom. The first-order chi connectivity index (χ1) is 20.6. The van der Waals surface area contributed by atoms with Gasteiger partial charge in [0.05, 0.1) is 10.6 Å². The van der Waals surface area contributed by atoms with E-state index < -0.39 is 28.5 Å². The number of nitrogens with zero attached hydrogens (tertiary/aromatic N) is 2. The molecule has 4 rings (SSSR count). The molecule has 43 heavy (non-hydrogen) atoms. The van der Waals surface area contributed by atoms with Crippen molar-refractivity contribution in [2.24, 2.45) is 0 Å². The van der Waals surface area contributed by atoms with Gasteiger partial charge < -0.3 is 10.2 Å². The number of benzene rings is 4. The van der Waals surface area contributed by atoms with Crippen LogP contribution in [-0.2, 0) is 32.6 Å². The minimum absolute atomic E-state index is 0.0644. The molecule has 0 aromatic heterocycles. The van der Waals surface area contributed by atoms with E-state index in [4.69, 9.17) is 0 Å². The maximum absolute atomic E-state index is 14.4. The van der Waals surface area contributed by atoms with Crippen LogP contribution in [-0.4, -0.2) is 43.8 Å². The molecule has 1 N–H and O–H groups in total. The summed E-state index contributed by atoms with van der Waals surface area (Å²) in [6.07, 6.45) is 0.265. The van der Waals surface area contributed by atoms with Crippen molar-refractivity contribution >= 4 is 43.5 Å². The Bertz CT molecular complexity index is 1630. The van der Waals surface area contributed by atoms with Crippen LogP contribution in [0.25, 0.3) is 0 Å². The molecule has 0 fully saturated rings. The second-order valence-electron chi connectivity index (χ2n) is 10.6. The van der Waals surface area contributed by atoms with E-state index in [0.29, 0.717) is 5.69 Å². The molecule has 2 amide bonds. The first-order valence-electron chi connectivity index (χ1n) is 14.1. The fourth-order valence-electron chi connectivity index (χ4n) is 4.76. The lowest BCUT2D eigenvalue weighted by Crippen LogP contribution is -2.54. The number of halogens is 1. The van der Waals surface area contributed by atoms with Crippen molar-refractivity contribution in [3.8, 4) is 0 Å². The van der Waals surface area contributed by atoms with E-state index in [-0.39, 0.29) is 29.8 Å². The summed E-state index contributed by atoms with van der Waals surface area (Å²) in [5, 5.41) is 2.98. The zero-order chi connectivity index (χ0) is 31.0. The molecule has 0 radical (unpaired) electrons. The molecular weight excluding hydrogens is 626 g/mol. The van der Waals surface area contributed by atoms with Gasteiger partial charge in [-0.2, -0.15) is 0 Å². The summed E-state index contributed by atoms with van der Waals surface area (Å²) < 4.78 is 29.9. The second kappa shape index (κ2) is 14.5. The molecule has 0 saturated heterocycles. The summed E-state index contributed by atoms with van der Waals surface area (Å²) in [6, 6.07) is 30.9. The number of aryl methyl sites for hydroxylation is 1. The predicted octanol–water partition coefficient (Wildman–Crippen LogP) is 6.12. The quantitative estimate of drug-likeness (QED) is 0.198. The van der Waals surface area contributed by atoms with E-state index in [9.17, 15) is 18.0 Å². The van der Waals surface area contributed by atoms with Crippen LogP contribution in [0.3, 0.4) is 0 Å². The average molecular weight is 663 g/mol. The first kappa shape index (κ1) is 32.0. The van der Waals surface area contributed by atoms with Crippen LogP contribution >= 0.6 is 15.9 Å². The number of carbonyl (C=O) groups excluding carboxylic acids is 2. The Morgan fingerprint density at radius 1 is 0.814 bits per heavy atom. The van der Waals surface area contributed by atoms with E-state index in [2.05, 4.69) is 21.2 Å². The highest BCUT2D eigenvalue weighted by Crippen LogP contribution is 2.26. The molecule has 4 aromatic rings. The minimum atomic E-state index is -4.13. The zero-order valence-corrected chi connectivity index (χ0v) is 26.9. The summed E-state index contributed by atoms with van der Waals surface area (Å²) in [4.78, 5) is 29.8. The van der Waals surface area contributed by atoms with Gasteiger partial charge in [-0.3, -0.25) is 13.9 Å². The maximum atomic E-state index is 14.4. The van der Waals surface area contributed by atoms with Crippen LogP contribution in [0.2, 0.25) is 0 Å². The molecule has 0 bridgehead atoms. The van der Waals surface area contributed by atoms with Crippen molar-refractivity contribution in [2.45, 2.75) is 50.7 Å². The molecular formula is C34H36BrN3O4S. The lowest BCUT2D eigenvalue weighted by atomic mass is 10.0. The smallest absolute Gasteiger partial charge is 0.264 e. The maximum Gasteiger partial charge on any atom is 0.264 e. The SMILES string of the molecule is Cc1ccccc1CN(C(=O)CN(c1ccc(Br)cc1)S(=O)(=O)c1ccccc1)[C@H](Cc1ccccc1)C(=O)NC(C)C. The van der Waals surface area contributed by atoms with Crippen molar-refractivity contribution in [3.05, 3.63) is 130 Å². The number of nitrogens with one attached hydrogen (secondary N) is 1. The Balaban J connectivity index is 1.80. The standard InChI is InChI=1S/C34H36BrN3O4S/c1-25(2)36-34(40)32(22-27-13-6-4-7-14-27)37(23-28-15-11-10-12-26(28)3)33(39)24-38(30-20-18-29(35)19-21-30)43(41,42)31-16-8-5-9-17-31/h4-21,25,32H,22-24H2,1-3H3,(H,36,40)/t32-/m1/s1. The highest BCUT2D eigenvalue weighted by atomic mass is 79.9. The second-order valence-corrected chi connectivity index (χ2v) is 13.4. The van der Waals surface area contributed by atoms with Gasteiger partial charge in [-0.05, 0) is 73.9 Å². The number of carbonyl (C=O) groups is 2.